The van der Waals surface area contributed by atoms with Crippen LogP contribution in [0.25, 0.3) is 0 Å². The van der Waals surface area contributed by atoms with Crippen molar-refractivity contribution in [1.82, 2.24) is 14.9 Å². The van der Waals surface area contributed by atoms with Crippen molar-refractivity contribution in [3.63, 3.8) is 0 Å². The highest BCUT2D eigenvalue weighted by Gasteiger charge is 2.21. The summed E-state index contributed by atoms with van der Waals surface area (Å²) in [7, 11) is 1.55. The second-order valence-corrected chi connectivity index (χ2v) is 5.00. The van der Waals surface area contributed by atoms with Crippen molar-refractivity contribution >= 4 is 17.5 Å². The molecule has 0 radical (unpaired) electrons. The van der Waals surface area contributed by atoms with E-state index in [9.17, 15) is 4.79 Å². The van der Waals surface area contributed by atoms with Crippen LogP contribution >= 0.6 is 11.6 Å². The Morgan fingerprint density at radius 1 is 1.50 bits per heavy atom. The molecule has 6 nitrogen and oxygen atoms in total. The van der Waals surface area contributed by atoms with Crippen molar-refractivity contribution in [2.24, 2.45) is 0 Å². The van der Waals surface area contributed by atoms with Gasteiger partial charge in [-0.1, -0.05) is 25.4 Å². The first kappa shape index (κ1) is 16.8. The Morgan fingerprint density at radius 2 is 2.20 bits per heavy atom. The Labute approximate surface area is 123 Å². The van der Waals surface area contributed by atoms with Crippen molar-refractivity contribution in [3.05, 3.63) is 22.7 Å². The molecule has 1 N–H and O–H groups in total. The average Bonchev–Trinajstić information content (AvgIpc) is 2.43. The number of halogens is 1. The van der Waals surface area contributed by atoms with Crippen LogP contribution in [-0.2, 0) is 4.74 Å². The number of hydrogen-bond donors (Lipinski definition) is 1. The lowest BCUT2D eigenvalue weighted by atomic mass is 10.2. The smallest absolute Gasteiger partial charge is 0.274 e. The quantitative estimate of drug-likeness (QED) is 0.822. The number of carbonyl (C=O) groups excluding carboxylic acids is 1. The number of hydrogen-bond acceptors (Lipinski definition) is 5. The summed E-state index contributed by atoms with van der Waals surface area (Å²) in [5.41, 5.74) is 0.162. The number of aromatic nitrogens is 2. The second-order valence-electron chi connectivity index (χ2n) is 4.59. The number of rotatable bonds is 7. The molecule has 0 aromatic carbocycles. The van der Waals surface area contributed by atoms with Gasteiger partial charge in [0.05, 0.1) is 24.4 Å². The zero-order valence-electron chi connectivity index (χ0n) is 12.0. The minimum atomic E-state index is -0.328. The number of nitrogens with zero attached hydrogens (tertiary/aromatic N) is 3. The van der Waals surface area contributed by atoms with Gasteiger partial charge in [0.2, 0.25) is 0 Å². The Morgan fingerprint density at radius 3 is 2.75 bits per heavy atom. The monoisotopic (exact) mass is 301 g/mol. The summed E-state index contributed by atoms with van der Waals surface area (Å²) in [6, 6.07) is 0. The molecule has 7 heteroatoms. The topological polar surface area (TPSA) is 75.6 Å². The fourth-order valence-corrected chi connectivity index (χ4v) is 1.77. The third kappa shape index (κ3) is 4.40. The van der Waals surface area contributed by atoms with E-state index in [1.165, 1.54) is 11.1 Å². The number of amides is 1. The van der Waals surface area contributed by atoms with Crippen LogP contribution in [-0.4, -0.2) is 59.3 Å². The summed E-state index contributed by atoms with van der Waals surface area (Å²) >= 11 is 6.01. The first-order valence-electron chi connectivity index (χ1n) is 6.42. The largest absolute Gasteiger partial charge is 0.395 e. The molecule has 0 aliphatic rings. The minimum Gasteiger partial charge on any atom is -0.395 e. The third-order valence-corrected chi connectivity index (χ3v) is 2.98. The van der Waals surface area contributed by atoms with Crippen molar-refractivity contribution in [3.8, 4) is 0 Å². The molecule has 0 aliphatic heterocycles. The predicted molar refractivity (Wildman–Crippen MR) is 76.0 cm³/mol. The van der Waals surface area contributed by atoms with Gasteiger partial charge >= 0.3 is 0 Å². The molecule has 0 saturated heterocycles. The third-order valence-electron chi connectivity index (χ3n) is 2.70. The lowest BCUT2D eigenvalue weighted by molar-refractivity contribution is 0.0650. The van der Waals surface area contributed by atoms with Crippen LogP contribution in [0.3, 0.4) is 0 Å². The van der Waals surface area contributed by atoms with E-state index in [2.05, 4.69) is 9.97 Å². The Balaban J connectivity index is 3.00. The van der Waals surface area contributed by atoms with Gasteiger partial charge in [0, 0.05) is 26.1 Å². The molecular formula is C13H20ClN3O3. The van der Waals surface area contributed by atoms with E-state index in [0.717, 1.165) is 0 Å². The molecule has 0 saturated carbocycles. The molecule has 1 heterocycles. The summed E-state index contributed by atoms with van der Waals surface area (Å²) in [6.45, 7) is 4.70. The van der Waals surface area contributed by atoms with Gasteiger partial charge in [0.1, 0.15) is 5.82 Å². The molecule has 0 atom stereocenters. The van der Waals surface area contributed by atoms with E-state index in [1.807, 2.05) is 13.8 Å². The number of aliphatic hydroxyl groups excluding tert-OH is 1. The molecule has 0 unspecified atom stereocenters. The lowest BCUT2D eigenvalue weighted by Gasteiger charge is -2.21. The van der Waals surface area contributed by atoms with E-state index in [4.69, 9.17) is 21.4 Å². The van der Waals surface area contributed by atoms with Gasteiger partial charge in [-0.2, -0.15) is 0 Å². The lowest BCUT2D eigenvalue weighted by Crippen LogP contribution is -2.37. The summed E-state index contributed by atoms with van der Waals surface area (Å²) in [4.78, 5) is 22.2. The zero-order valence-corrected chi connectivity index (χ0v) is 12.7. The van der Waals surface area contributed by atoms with Crippen LogP contribution < -0.4 is 0 Å². The fraction of sp³-hybridized carbons (Fsp3) is 0.615. The minimum absolute atomic E-state index is 0.101. The summed E-state index contributed by atoms with van der Waals surface area (Å²) in [5.74, 6) is 0.336. The SMILES string of the molecule is COCCN(CCO)C(=O)c1nc(C(C)C)ncc1Cl. The van der Waals surface area contributed by atoms with Gasteiger partial charge in [-0.05, 0) is 0 Å². The fourth-order valence-electron chi connectivity index (χ4n) is 1.60. The van der Waals surface area contributed by atoms with E-state index >= 15 is 0 Å². The first-order chi connectivity index (χ1) is 9.51. The van der Waals surface area contributed by atoms with Gasteiger partial charge in [-0.3, -0.25) is 4.79 Å². The van der Waals surface area contributed by atoms with Gasteiger partial charge in [0.15, 0.2) is 5.69 Å². The van der Waals surface area contributed by atoms with Crippen LogP contribution in [0.2, 0.25) is 5.02 Å². The van der Waals surface area contributed by atoms with Crippen LogP contribution in [0.15, 0.2) is 6.20 Å². The van der Waals surface area contributed by atoms with Gasteiger partial charge in [0.25, 0.3) is 5.91 Å². The maximum atomic E-state index is 12.4. The number of carbonyl (C=O) groups is 1. The van der Waals surface area contributed by atoms with Gasteiger partial charge in [-0.15, -0.1) is 0 Å². The average molecular weight is 302 g/mol. The van der Waals surface area contributed by atoms with E-state index < -0.39 is 0 Å². The van der Waals surface area contributed by atoms with E-state index in [1.54, 1.807) is 7.11 Å². The molecule has 1 aromatic rings. The predicted octanol–water partition coefficient (Wildman–Crippen LogP) is 1.33. The van der Waals surface area contributed by atoms with Crippen LogP contribution in [0, 0.1) is 0 Å². The van der Waals surface area contributed by atoms with Crippen LogP contribution in [0.1, 0.15) is 36.1 Å². The molecule has 112 valence electrons. The summed E-state index contributed by atoms with van der Waals surface area (Å²) in [5, 5.41) is 9.25. The number of aliphatic hydroxyl groups is 1. The van der Waals surface area contributed by atoms with E-state index in [0.29, 0.717) is 19.0 Å². The summed E-state index contributed by atoms with van der Waals surface area (Å²) < 4.78 is 4.96. The maximum Gasteiger partial charge on any atom is 0.274 e. The van der Waals surface area contributed by atoms with Crippen molar-refractivity contribution in [2.75, 3.05) is 33.4 Å². The van der Waals surface area contributed by atoms with Gasteiger partial charge < -0.3 is 14.7 Å². The normalized spacial score (nSPS) is 10.9. The first-order valence-corrected chi connectivity index (χ1v) is 6.80. The number of ether oxygens (including phenoxy) is 1. The highest BCUT2D eigenvalue weighted by molar-refractivity contribution is 6.33. The molecular weight excluding hydrogens is 282 g/mol. The van der Waals surface area contributed by atoms with Gasteiger partial charge in [-0.25, -0.2) is 9.97 Å². The van der Waals surface area contributed by atoms with Crippen LogP contribution in [0.4, 0.5) is 0 Å². The zero-order chi connectivity index (χ0) is 15.1. The highest BCUT2D eigenvalue weighted by atomic mass is 35.5. The summed E-state index contributed by atoms with van der Waals surface area (Å²) in [6.07, 6.45) is 1.44. The molecule has 1 aromatic heterocycles. The molecule has 0 bridgehead atoms. The molecule has 0 spiro atoms. The Bertz CT molecular complexity index is 454. The Kier molecular flexibility index (Phi) is 6.84. The number of methoxy groups -OCH3 is 1. The maximum absolute atomic E-state index is 12.4. The second kappa shape index (κ2) is 8.14. The molecule has 0 fully saturated rings. The standard InChI is InChI=1S/C13H20ClN3O3/c1-9(2)12-15-8-10(14)11(16-12)13(19)17(4-6-18)5-7-20-3/h8-9,18H,4-7H2,1-3H3. The Hall–Kier alpha value is -1.24. The molecule has 0 aliphatic carbocycles. The van der Waals surface area contributed by atoms with Crippen molar-refractivity contribution in [1.29, 1.82) is 0 Å². The highest BCUT2D eigenvalue weighted by Crippen LogP contribution is 2.18. The molecule has 1 amide bonds. The molecule has 20 heavy (non-hydrogen) atoms. The van der Waals surface area contributed by atoms with E-state index in [-0.39, 0.29) is 35.7 Å². The van der Waals surface area contributed by atoms with Crippen molar-refractivity contribution in [2.45, 2.75) is 19.8 Å². The molecule has 1 rings (SSSR count). The van der Waals surface area contributed by atoms with Crippen LogP contribution in [0.5, 0.6) is 0 Å². The van der Waals surface area contributed by atoms with Crippen molar-refractivity contribution < 1.29 is 14.6 Å².